The first-order valence-electron chi connectivity index (χ1n) is 6.08. The smallest absolute Gasteiger partial charge is 0.190 e. The molecule has 5 nitrogen and oxygen atoms in total. The van der Waals surface area contributed by atoms with Crippen molar-refractivity contribution in [3.63, 3.8) is 0 Å². The number of hydrogen-bond donors (Lipinski definition) is 0. The summed E-state index contributed by atoms with van der Waals surface area (Å²) in [5.41, 5.74) is 2.43. The van der Waals surface area contributed by atoms with Crippen LogP contribution in [0.15, 0.2) is 36.5 Å². The number of para-hydroxylation sites is 2. The molecular weight excluding hydrogens is 240 g/mol. The van der Waals surface area contributed by atoms with Crippen LogP contribution < -0.4 is 0 Å². The highest BCUT2D eigenvalue weighted by molar-refractivity contribution is 5.95. The first-order valence-corrected chi connectivity index (χ1v) is 6.08. The lowest BCUT2D eigenvalue weighted by Crippen LogP contribution is -2.09. The molecule has 3 rings (SSSR count). The van der Waals surface area contributed by atoms with Crippen LogP contribution in [0, 0.1) is 0 Å². The van der Waals surface area contributed by atoms with Gasteiger partial charge in [0.2, 0.25) is 0 Å². The van der Waals surface area contributed by atoms with E-state index in [9.17, 15) is 4.79 Å². The summed E-state index contributed by atoms with van der Waals surface area (Å²) in [6.45, 7) is 0. The minimum Gasteiger partial charge on any atom is -0.331 e. The summed E-state index contributed by atoms with van der Waals surface area (Å²) in [5, 5.41) is 4.12. The van der Waals surface area contributed by atoms with E-state index in [1.165, 1.54) is 0 Å². The highest BCUT2D eigenvalue weighted by Gasteiger charge is 2.14. The molecule has 0 amide bonds. The van der Waals surface area contributed by atoms with Crippen molar-refractivity contribution in [2.24, 2.45) is 14.1 Å². The fraction of sp³-hybridized carbons (Fsp3) is 0.214. The van der Waals surface area contributed by atoms with Crippen molar-refractivity contribution in [2.45, 2.75) is 6.42 Å². The lowest BCUT2D eigenvalue weighted by atomic mass is 10.2. The van der Waals surface area contributed by atoms with Gasteiger partial charge in [-0.25, -0.2) is 4.98 Å². The van der Waals surface area contributed by atoms with Crippen molar-refractivity contribution in [1.29, 1.82) is 0 Å². The van der Waals surface area contributed by atoms with Crippen molar-refractivity contribution in [2.75, 3.05) is 0 Å². The van der Waals surface area contributed by atoms with E-state index in [4.69, 9.17) is 0 Å². The molecule has 0 saturated carbocycles. The summed E-state index contributed by atoms with van der Waals surface area (Å²) in [7, 11) is 3.72. The van der Waals surface area contributed by atoms with Crippen LogP contribution in [-0.4, -0.2) is 25.1 Å². The second kappa shape index (κ2) is 4.35. The second-order valence-corrected chi connectivity index (χ2v) is 4.55. The van der Waals surface area contributed by atoms with E-state index < -0.39 is 0 Å². The number of carbonyl (C=O) groups is 1. The summed E-state index contributed by atoms with van der Waals surface area (Å²) in [4.78, 5) is 16.6. The number of rotatable bonds is 3. The van der Waals surface area contributed by atoms with Crippen LogP contribution in [0.5, 0.6) is 0 Å². The third kappa shape index (κ3) is 2.03. The Balaban J connectivity index is 1.93. The van der Waals surface area contributed by atoms with Crippen molar-refractivity contribution >= 4 is 16.8 Å². The standard InChI is InChI=1S/C14H14N4O/c1-17-8-7-11(16-17)13(19)9-14-15-10-5-3-4-6-12(10)18(14)2/h3-8H,9H2,1-2H3. The van der Waals surface area contributed by atoms with Crippen LogP contribution in [0.3, 0.4) is 0 Å². The molecule has 5 heteroatoms. The van der Waals surface area contributed by atoms with Gasteiger partial charge in [0.15, 0.2) is 5.78 Å². The molecule has 0 N–H and O–H groups in total. The molecule has 0 aliphatic carbocycles. The van der Waals surface area contributed by atoms with Gasteiger partial charge in [0.1, 0.15) is 11.5 Å². The maximum Gasteiger partial charge on any atom is 0.190 e. The topological polar surface area (TPSA) is 52.7 Å². The van der Waals surface area contributed by atoms with Crippen LogP contribution in [0.25, 0.3) is 11.0 Å². The maximum atomic E-state index is 12.1. The highest BCUT2D eigenvalue weighted by Crippen LogP contribution is 2.15. The van der Waals surface area contributed by atoms with E-state index in [-0.39, 0.29) is 12.2 Å². The lowest BCUT2D eigenvalue weighted by molar-refractivity contribution is 0.0984. The minimum atomic E-state index is -0.0148. The second-order valence-electron chi connectivity index (χ2n) is 4.55. The Bertz CT molecular complexity index is 754. The largest absolute Gasteiger partial charge is 0.331 e. The first kappa shape index (κ1) is 11.6. The van der Waals surface area contributed by atoms with Crippen LogP contribution in [0.1, 0.15) is 16.3 Å². The SMILES string of the molecule is Cn1ccc(C(=O)Cc2nc3ccccc3n2C)n1. The summed E-state index contributed by atoms with van der Waals surface area (Å²) in [6, 6.07) is 9.58. The summed E-state index contributed by atoms with van der Waals surface area (Å²) < 4.78 is 3.58. The van der Waals surface area contributed by atoms with E-state index in [0.29, 0.717) is 5.69 Å². The number of hydrogen-bond acceptors (Lipinski definition) is 3. The fourth-order valence-electron chi connectivity index (χ4n) is 2.15. The number of aryl methyl sites for hydroxylation is 2. The maximum absolute atomic E-state index is 12.1. The molecule has 2 aromatic heterocycles. The average molecular weight is 254 g/mol. The van der Waals surface area contributed by atoms with Crippen molar-refractivity contribution < 1.29 is 4.79 Å². The van der Waals surface area contributed by atoms with Crippen LogP contribution in [0.4, 0.5) is 0 Å². The van der Waals surface area contributed by atoms with Crippen LogP contribution >= 0.6 is 0 Å². The number of aromatic nitrogens is 4. The predicted octanol–water partition coefficient (Wildman–Crippen LogP) is 1.73. The highest BCUT2D eigenvalue weighted by atomic mass is 16.1. The summed E-state index contributed by atoms with van der Waals surface area (Å²) in [5.74, 6) is 0.746. The molecule has 0 saturated heterocycles. The number of benzene rings is 1. The van der Waals surface area contributed by atoms with Gasteiger partial charge in [0.25, 0.3) is 0 Å². The molecule has 3 aromatic rings. The number of imidazole rings is 1. The fourth-order valence-corrected chi connectivity index (χ4v) is 2.15. The molecule has 1 aromatic carbocycles. The lowest BCUT2D eigenvalue weighted by Gasteiger charge is -2.00. The summed E-state index contributed by atoms with van der Waals surface area (Å²) in [6.07, 6.45) is 2.03. The number of Topliss-reactive ketones (excluding diaryl/α,β-unsaturated/α-hetero) is 1. The average Bonchev–Trinajstić information content (AvgIpc) is 2.96. The molecule has 0 atom stereocenters. The molecule has 0 fully saturated rings. The zero-order chi connectivity index (χ0) is 13.4. The number of ketones is 1. The minimum absolute atomic E-state index is 0.0148. The Morgan fingerprint density at radius 1 is 1.21 bits per heavy atom. The third-order valence-corrected chi connectivity index (χ3v) is 3.20. The zero-order valence-electron chi connectivity index (χ0n) is 10.9. The Morgan fingerprint density at radius 2 is 2.00 bits per heavy atom. The Hall–Kier alpha value is -2.43. The van der Waals surface area contributed by atoms with Gasteiger partial charge in [-0.1, -0.05) is 12.1 Å². The molecule has 2 heterocycles. The van der Waals surface area contributed by atoms with Crippen LogP contribution in [0.2, 0.25) is 0 Å². The van der Waals surface area contributed by atoms with E-state index in [1.807, 2.05) is 35.9 Å². The van der Waals surface area contributed by atoms with E-state index in [0.717, 1.165) is 16.9 Å². The van der Waals surface area contributed by atoms with Gasteiger partial charge >= 0.3 is 0 Å². The number of fused-ring (bicyclic) bond motifs is 1. The molecule has 19 heavy (non-hydrogen) atoms. The van der Waals surface area contributed by atoms with E-state index in [2.05, 4.69) is 10.1 Å². The molecule has 0 radical (unpaired) electrons. The monoisotopic (exact) mass is 254 g/mol. The normalized spacial score (nSPS) is 11.1. The van der Waals surface area contributed by atoms with E-state index in [1.54, 1.807) is 24.0 Å². The first-order chi connectivity index (χ1) is 9.15. The molecule has 0 spiro atoms. The van der Waals surface area contributed by atoms with Crippen molar-refractivity contribution in [3.05, 3.63) is 48.0 Å². The molecule has 0 aliphatic rings. The quantitative estimate of drug-likeness (QED) is 0.669. The number of nitrogens with zero attached hydrogens (tertiary/aromatic N) is 4. The molecule has 0 unspecified atom stereocenters. The Kier molecular flexibility index (Phi) is 2.67. The van der Waals surface area contributed by atoms with Crippen LogP contribution in [-0.2, 0) is 20.5 Å². The Labute approximate surface area is 110 Å². The van der Waals surface area contributed by atoms with Gasteiger partial charge < -0.3 is 4.57 Å². The summed E-state index contributed by atoms with van der Waals surface area (Å²) >= 11 is 0. The molecular formula is C14H14N4O. The molecule has 0 bridgehead atoms. The number of carbonyl (C=O) groups excluding carboxylic acids is 1. The molecule has 96 valence electrons. The van der Waals surface area contributed by atoms with Gasteiger partial charge in [0.05, 0.1) is 17.5 Å². The van der Waals surface area contributed by atoms with Gasteiger partial charge in [-0.3, -0.25) is 9.48 Å². The van der Waals surface area contributed by atoms with Gasteiger partial charge in [0, 0.05) is 20.3 Å². The van der Waals surface area contributed by atoms with Crippen molar-refractivity contribution in [1.82, 2.24) is 19.3 Å². The van der Waals surface area contributed by atoms with Gasteiger partial charge in [-0.2, -0.15) is 5.10 Å². The zero-order valence-corrected chi connectivity index (χ0v) is 10.9. The predicted molar refractivity (Wildman–Crippen MR) is 72.0 cm³/mol. The van der Waals surface area contributed by atoms with Gasteiger partial charge in [-0.15, -0.1) is 0 Å². The third-order valence-electron chi connectivity index (χ3n) is 3.20. The van der Waals surface area contributed by atoms with E-state index >= 15 is 0 Å². The van der Waals surface area contributed by atoms with Crippen molar-refractivity contribution in [3.8, 4) is 0 Å². The molecule has 0 aliphatic heterocycles. The Morgan fingerprint density at radius 3 is 2.68 bits per heavy atom. The van der Waals surface area contributed by atoms with Gasteiger partial charge in [-0.05, 0) is 18.2 Å².